The van der Waals surface area contributed by atoms with Crippen LogP contribution in [0.25, 0.3) is 0 Å². The topological polar surface area (TPSA) is 96.9 Å². The zero-order valence-corrected chi connectivity index (χ0v) is 10.7. The molecular formula is C12H21N3O3. The maximum absolute atomic E-state index is 12.3. The number of hydrogen-bond acceptors (Lipinski definition) is 4. The molecule has 0 bridgehead atoms. The van der Waals surface area contributed by atoms with Crippen LogP contribution in [0.4, 0.5) is 0 Å². The standard InChI is InChI=1S/C12H21N3O3/c1-8-9(4-7-18-8)10(16)14-12(11(13)15-17)5-2-3-6-12/h8-9,17H,2-7H2,1H3,(H2,13,15)(H,14,16). The number of hydrogen-bond donors (Lipinski definition) is 3. The first-order valence-corrected chi connectivity index (χ1v) is 6.51. The zero-order chi connectivity index (χ0) is 13.2. The summed E-state index contributed by atoms with van der Waals surface area (Å²) in [4.78, 5) is 12.3. The Morgan fingerprint density at radius 1 is 1.50 bits per heavy atom. The van der Waals surface area contributed by atoms with Crippen LogP contribution in [0.2, 0.25) is 0 Å². The average Bonchev–Trinajstić information content (AvgIpc) is 2.97. The van der Waals surface area contributed by atoms with Crippen LogP contribution in [0, 0.1) is 5.92 Å². The third-order valence-electron chi connectivity index (χ3n) is 4.13. The van der Waals surface area contributed by atoms with E-state index in [0.717, 1.165) is 32.1 Å². The maximum Gasteiger partial charge on any atom is 0.226 e. The summed E-state index contributed by atoms with van der Waals surface area (Å²) in [6.07, 6.45) is 4.10. The monoisotopic (exact) mass is 255 g/mol. The minimum Gasteiger partial charge on any atom is -0.409 e. The van der Waals surface area contributed by atoms with Gasteiger partial charge < -0.3 is 21.0 Å². The lowest BCUT2D eigenvalue weighted by atomic mass is 9.93. The van der Waals surface area contributed by atoms with Crippen molar-refractivity contribution < 1.29 is 14.7 Å². The summed E-state index contributed by atoms with van der Waals surface area (Å²) < 4.78 is 5.40. The lowest BCUT2D eigenvalue weighted by Gasteiger charge is -2.30. The van der Waals surface area contributed by atoms with Crippen LogP contribution in [-0.4, -0.2) is 35.2 Å². The second kappa shape index (κ2) is 5.14. The van der Waals surface area contributed by atoms with Gasteiger partial charge in [-0.1, -0.05) is 18.0 Å². The van der Waals surface area contributed by atoms with Gasteiger partial charge in [-0.25, -0.2) is 0 Å². The number of nitrogens with zero attached hydrogens (tertiary/aromatic N) is 1. The van der Waals surface area contributed by atoms with E-state index < -0.39 is 5.54 Å². The number of rotatable bonds is 3. The first kappa shape index (κ1) is 13.1. The molecule has 1 aliphatic heterocycles. The minimum atomic E-state index is -0.659. The van der Waals surface area contributed by atoms with Gasteiger partial charge in [0.25, 0.3) is 0 Å². The number of oxime groups is 1. The van der Waals surface area contributed by atoms with Crippen molar-refractivity contribution in [3.63, 3.8) is 0 Å². The molecule has 2 fully saturated rings. The summed E-state index contributed by atoms with van der Waals surface area (Å²) in [5.41, 5.74) is 5.09. The predicted octanol–water partition coefficient (Wildman–Crippen LogP) is 0.587. The van der Waals surface area contributed by atoms with E-state index in [1.54, 1.807) is 0 Å². The molecule has 18 heavy (non-hydrogen) atoms. The molecule has 102 valence electrons. The van der Waals surface area contributed by atoms with Gasteiger partial charge in [0, 0.05) is 6.61 Å². The Balaban J connectivity index is 2.08. The minimum absolute atomic E-state index is 0.0477. The van der Waals surface area contributed by atoms with Gasteiger partial charge in [0.15, 0.2) is 5.84 Å². The Labute approximate surface area is 107 Å². The van der Waals surface area contributed by atoms with Gasteiger partial charge >= 0.3 is 0 Å². The second-order valence-electron chi connectivity index (χ2n) is 5.23. The average molecular weight is 255 g/mol. The molecule has 4 N–H and O–H groups in total. The van der Waals surface area contributed by atoms with Crippen LogP contribution >= 0.6 is 0 Å². The van der Waals surface area contributed by atoms with Crippen LogP contribution in [-0.2, 0) is 9.53 Å². The van der Waals surface area contributed by atoms with Crippen molar-refractivity contribution in [3.05, 3.63) is 0 Å². The normalized spacial score (nSPS) is 31.5. The summed E-state index contributed by atoms with van der Waals surface area (Å²) in [5, 5.41) is 14.9. The number of nitrogens with one attached hydrogen (secondary N) is 1. The lowest BCUT2D eigenvalue weighted by molar-refractivity contribution is -0.127. The molecule has 2 rings (SSSR count). The van der Waals surface area contributed by atoms with E-state index in [0.29, 0.717) is 6.61 Å². The molecule has 1 heterocycles. The van der Waals surface area contributed by atoms with Gasteiger partial charge in [-0.05, 0) is 26.2 Å². The highest BCUT2D eigenvalue weighted by atomic mass is 16.5. The number of ether oxygens (including phenoxy) is 1. The van der Waals surface area contributed by atoms with Crippen LogP contribution in [0.1, 0.15) is 39.0 Å². The molecule has 6 nitrogen and oxygen atoms in total. The van der Waals surface area contributed by atoms with E-state index in [9.17, 15) is 4.79 Å². The molecular weight excluding hydrogens is 234 g/mol. The molecule has 2 aliphatic rings. The van der Waals surface area contributed by atoms with E-state index in [2.05, 4.69) is 10.5 Å². The molecule has 0 aromatic carbocycles. The quantitative estimate of drug-likeness (QED) is 0.297. The summed E-state index contributed by atoms with van der Waals surface area (Å²) in [7, 11) is 0. The first-order valence-electron chi connectivity index (χ1n) is 6.51. The van der Waals surface area contributed by atoms with Gasteiger partial charge in [0.1, 0.15) is 5.54 Å². The lowest BCUT2D eigenvalue weighted by Crippen LogP contribution is -2.57. The fourth-order valence-corrected chi connectivity index (χ4v) is 2.92. The Kier molecular flexibility index (Phi) is 3.75. The van der Waals surface area contributed by atoms with Gasteiger partial charge in [0.05, 0.1) is 12.0 Å². The Morgan fingerprint density at radius 3 is 2.67 bits per heavy atom. The van der Waals surface area contributed by atoms with Crippen molar-refractivity contribution in [2.24, 2.45) is 16.8 Å². The molecule has 0 aromatic heterocycles. The van der Waals surface area contributed by atoms with Gasteiger partial charge in [-0.2, -0.15) is 0 Å². The fraction of sp³-hybridized carbons (Fsp3) is 0.833. The van der Waals surface area contributed by atoms with E-state index in [4.69, 9.17) is 15.7 Å². The molecule has 1 amide bonds. The van der Waals surface area contributed by atoms with Crippen molar-refractivity contribution in [1.29, 1.82) is 0 Å². The van der Waals surface area contributed by atoms with Crippen LogP contribution in [0.3, 0.4) is 0 Å². The number of amides is 1. The number of nitrogens with two attached hydrogens (primary N) is 1. The summed E-state index contributed by atoms with van der Waals surface area (Å²) >= 11 is 0. The van der Waals surface area contributed by atoms with Crippen molar-refractivity contribution in [1.82, 2.24) is 5.32 Å². The molecule has 1 aliphatic carbocycles. The van der Waals surface area contributed by atoms with E-state index >= 15 is 0 Å². The molecule has 6 heteroatoms. The fourth-order valence-electron chi connectivity index (χ4n) is 2.92. The second-order valence-corrected chi connectivity index (χ2v) is 5.23. The molecule has 2 atom stereocenters. The number of carbonyl (C=O) groups excluding carboxylic acids is 1. The molecule has 0 radical (unpaired) electrons. The van der Waals surface area contributed by atoms with E-state index in [-0.39, 0.29) is 23.8 Å². The predicted molar refractivity (Wildman–Crippen MR) is 66.3 cm³/mol. The molecule has 0 spiro atoms. The number of amidine groups is 1. The zero-order valence-electron chi connectivity index (χ0n) is 10.7. The summed E-state index contributed by atoms with van der Waals surface area (Å²) in [6, 6.07) is 0. The Bertz CT molecular complexity index is 350. The summed E-state index contributed by atoms with van der Waals surface area (Å²) in [6.45, 7) is 2.53. The van der Waals surface area contributed by atoms with Crippen LogP contribution in [0.5, 0.6) is 0 Å². The third kappa shape index (κ3) is 2.29. The van der Waals surface area contributed by atoms with Gasteiger partial charge in [-0.15, -0.1) is 0 Å². The first-order chi connectivity index (χ1) is 8.59. The van der Waals surface area contributed by atoms with Gasteiger partial charge in [0.2, 0.25) is 5.91 Å². The van der Waals surface area contributed by atoms with E-state index in [1.807, 2.05) is 6.92 Å². The third-order valence-corrected chi connectivity index (χ3v) is 4.13. The highest BCUT2D eigenvalue weighted by molar-refractivity contribution is 5.94. The molecule has 1 saturated heterocycles. The smallest absolute Gasteiger partial charge is 0.226 e. The van der Waals surface area contributed by atoms with Crippen LogP contribution in [0.15, 0.2) is 5.16 Å². The highest BCUT2D eigenvalue weighted by Crippen LogP contribution is 2.31. The molecule has 0 aromatic rings. The van der Waals surface area contributed by atoms with Crippen LogP contribution < -0.4 is 11.1 Å². The Morgan fingerprint density at radius 2 is 2.17 bits per heavy atom. The molecule has 2 unspecified atom stereocenters. The number of carbonyl (C=O) groups is 1. The Hall–Kier alpha value is -1.30. The summed E-state index contributed by atoms with van der Waals surface area (Å²) in [5.74, 6) is -0.0672. The highest BCUT2D eigenvalue weighted by Gasteiger charge is 2.42. The van der Waals surface area contributed by atoms with E-state index in [1.165, 1.54) is 0 Å². The van der Waals surface area contributed by atoms with Crippen molar-refractivity contribution in [3.8, 4) is 0 Å². The SMILES string of the molecule is CC1OCCC1C(=O)NC1(C(N)=NO)CCCC1. The molecule has 1 saturated carbocycles. The van der Waals surface area contributed by atoms with Crippen molar-refractivity contribution >= 4 is 11.7 Å². The largest absolute Gasteiger partial charge is 0.409 e. The van der Waals surface area contributed by atoms with Gasteiger partial charge in [-0.3, -0.25) is 4.79 Å². The van der Waals surface area contributed by atoms with Crippen molar-refractivity contribution in [2.75, 3.05) is 6.61 Å². The maximum atomic E-state index is 12.3. The van der Waals surface area contributed by atoms with Crippen molar-refractivity contribution in [2.45, 2.75) is 50.7 Å².